The van der Waals surface area contributed by atoms with Crippen LogP contribution in [0.5, 0.6) is 5.75 Å². The fourth-order valence-electron chi connectivity index (χ4n) is 5.48. The molecule has 0 saturated heterocycles. The molecule has 9 heteroatoms. The smallest absolute Gasteiger partial charge is 0.341 e. The molecule has 5 rings (SSSR count). The zero-order chi connectivity index (χ0) is 34.1. The molecule has 5 aromatic carbocycles. The van der Waals surface area contributed by atoms with Gasteiger partial charge in [0.1, 0.15) is 17.9 Å². The molecule has 0 fully saturated rings. The zero-order valence-electron chi connectivity index (χ0n) is 26.9. The first-order chi connectivity index (χ1) is 23.1. The van der Waals surface area contributed by atoms with Crippen LogP contribution in [-0.2, 0) is 34.1 Å². The lowest BCUT2D eigenvalue weighted by Gasteiger charge is -2.25. The number of hydrogen-bond acceptors (Lipinski definition) is 7. The molecule has 0 bridgehead atoms. The van der Waals surface area contributed by atoms with Gasteiger partial charge in [0.05, 0.1) is 23.0 Å². The molecule has 0 aromatic heterocycles. The summed E-state index contributed by atoms with van der Waals surface area (Å²) >= 11 is 6.16. The van der Waals surface area contributed by atoms with Crippen molar-refractivity contribution in [2.24, 2.45) is 0 Å². The molecule has 248 valence electrons. The number of hydrogen-bond donors (Lipinski definition) is 1. The Morgan fingerprint density at radius 1 is 0.812 bits per heavy atom. The molecule has 0 spiro atoms. The van der Waals surface area contributed by atoms with E-state index in [-0.39, 0.29) is 27.7 Å². The van der Waals surface area contributed by atoms with Gasteiger partial charge in [0, 0.05) is 24.7 Å². The number of benzene rings is 5. The number of rotatable bonds is 14. The van der Waals surface area contributed by atoms with Crippen LogP contribution in [0.3, 0.4) is 0 Å². The first-order valence-corrected chi connectivity index (χ1v) is 17.4. The summed E-state index contributed by atoms with van der Waals surface area (Å²) in [7, 11) is -2.72. The van der Waals surface area contributed by atoms with Gasteiger partial charge in [0.2, 0.25) is 9.84 Å². The van der Waals surface area contributed by atoms with Crippen LogP contribution in [0.1, 0.15) is 44.3 Å². The molecule has 0 unspecified atom stereocenters. The van der Waals surface area contributed by atoms with Crippen LogP contribution in [0.25, 0.3) is 0 Å². The van der Waals surface area contributed by atoms with Crippen molar-refractivity contribution in [3.05, 3.63) is 160 Å². The summed E-state index contributed by atoms with van der Waals surface area (Å²) in [5.41, 5.74) is 4.27. The van der Waals surface area contributed by atoms with E-state index in [4.69, 9.17) is 21.1 Å². The Morgan fingerprint density at radius 3 is 2.12 bits per heavy atom. The molecule has 1 N–H and O–H groups in total. The summed E-state index contributed by atoms with van der Waals surface area (Å²) in [5.74, 6) is -0.408. The number of carbonyl (C=O) groups is 1. The van der Waals surface area contributed by atoms with Gasteiger partial charge in [-0.15, -0.1) is 0 Å². The maximum absolute atomic E-state index is 13.8. The maximum Gasteiger partial charge on any atom is 0.341 e. The minimum absolute atomic E-state index is 0.0238. The van der Waals surface area contributed by atoms with Crippen LogP contribution in [0.2, 0.25) is 5.02 Å². The summed E-state index contributed by atoms with van der Waals surface area (Å²) in [6, 6.07) is 36.4. The van der Waals surface area contributed by atoms with Crippen LogP contribution >= 0.6 is 11.6 Å². The van der Waals surface area contributed by atoms with Crippen LogP contribution < -0.4 is 4.74 Å². The summed E-state index contributed by atoms with van der Waals surface area (Å²) in [5, 5.41) is 11.6. The average molecular weight is 684 g/mol. The van der Waals surface area contributed by atoms with Crippen molar-refractivity contribution in [3.8, 4) is 5.75 Å². The van der Waals surface area contributed by atoms with Crippen LogP contribution in [-0.4, -0.2) is 44.6 Å². The summed E-state index contributed by atoms with van der Waals surface area (Å²) in [6.07, 6.45) is -0.0949. The van der Waals surface area contributed by atoms with Gasteiger partial charge in [-0.05, 0) is 77.6 Å². The fraction of sp³-hybridized carbons (Fsp3) is 0.205. The molecule has 0 saturated carbocycles. The first kappa shape index (κ1) is 34.9. The molecule has 0 aliphatic heterocycles. The van der Waals surface area contributed by atoms with Crippen LogP contribution in [0, 0.1) is 6.92 Å². The average Bonchev–Trinajstić information content (AvgIpc) is 3.10. The number of nitrogens with zero attached hydrogens (tertiary/aromatic N) is 1. The van der Waals surface area contributed by atoms with Gasteiger partial charge in [-0.1, -0.05) is 96.5 Å². The second kappa shape index (κ2) is 16.1. The Bertz CT molecular complexity index is 1930. The van der Waals surface area contributed by atoms with Gasteiger partial charge in [-0.25, -0.2) is 13.2 Å². The molecular weight excluding hydrogens is 646 g/mol. The van der Waals surface area contributed by atoms with E-state index in [1.54, 1.807) is 43.3 Å². The van der Waals surface area contributed by atoms with Gasteiger partial charge < -0.3 is 14.6 Å². The maximum atomic E-state index is 13.8. The number of halogens is 1. The highest BCUT2D eigenvalue weighted by atomic mass is 35.5. The third kappa shape index (κ3) is 8.90. The van der Waals surface area contributed by atoms with E-state index in [9.17, 15) is 18.3 Å². The van der Waals surface area contributed by atoms with E-state index in [1.807, 2.05) is 72.8 Å². The lowest BCUT2D eigenvalue weighted by molar-refractivity contribution is 0.0595. The minimum Gasteiger partial charge on any atom is -0.488 e. The number of aryl methyl sites for hydroxylation is 1. The molecule has 0 aliphatic rings. The fourth-order valence-corrected chi connectivity index (χ4v) is 7.05. The highest BCUT2D eigenvalue weighted by molar-refractivity contribution is 7.91. The standard InChI is InChI=1S/C39H38ClNO6S/c1-28-22-35(24-36(39(43)46-2)38(28)47-27-31-12-7-4-8-13-31)48(44,45)34-18-16-29(17-19-34)20-21-41(25-30-10-5-3-6-11-30)26-37(42)32-14-9-15-33(40)23-32/h3-19,22-24,37,42H,20-21,25-27H2,1-2H3/t37-/m1/s1. The highest BCUT2D eigenvalue weighted by Crippen LogP contribution is 2.32. The van der Waals surface area contributed by atoms with E-state index in [1.165, 1.54) is 19.2 Å². The number of carbonyl (C=O) groups excluding carboxylic acids is 1. The molecule has 0 aliphatic carbocycles. The van der Waals surface area contributed by atoms with Crippen molar-refractivity contribution in [3.63, 3.8) is 0 Å². The van der Waals surface area contributed by atoms with E-state index in [0.717, 1.165) is 22.3 Å². The Balaban J connectivity index is 1.32. The predicted molar refractivity (Wildman–Crippen MR) is 187 cm³/mol. The van der Waals surface area contributed by atoms with Crippen LogP contribution in [0.15, 0.2) is 131 Å². The van der Waals surface area contributed by atoms with Gasteiger partial charge in [-0.2, -0.15) is 0 Å². The number of aliphatic hydroxyl groups is 1. The molecule has 0 heterocycles. The van der Waals surface area contributed by atoms with Crippen molar-refractivity contribution >= 4 is 27.4 Å². The van der Waals surface area contributed by atoms with Crippen molar-refractivity contribution < 1.29 is 27.8 Å². The predicted octanol–water partition coefficient (Wildman–Crippen LogP) is 7.63. The summed E-state index contributed by atoms with van der Waals surface area (Å²) in [6.45, 7) is 3.58. The summed E-state index contributed by atoms with van der Waals surface area (Å²) < 4.78 is 38.5. The van der Waals surface area contributed by atoms with Crippen molar-refractivity contribution in [1.29, 1.82) is 0 Å². The van der Waals surface area contributed by atoms with E-state index >= 15 is 0 Å². The Morgan fingerprint density at radius 2 is 1.48 bits per heavy atom. The van der Waals surface area contributed by atoms with Gasteiger partial charge in [-0.3, -0.25) is 4.90 Å². The molecule has 1 atom stereocenters. The normalized spacial score (nSPS) is 12.1. The lowest BCUT2D eigenvalue weighted by atomic mass is 10.1. The van der Waals surface area contributed by atoms with E-state index in [2.05, 4.69) is 4.90 Å². The molecule has 48 heavy (non-hydrogen) atoms. The third-order valence-corrected chi connectivity index (χ3v) is 10.0. The Hall–Kier alpha value is -4.47. The number of esters is 1. The quantitative estimate of drug-likeness (QED) is 0.120. The largest absolute Gasteiger partial charge is 0.488 e. The van der Waals surface area contributed by atoms with Crippen molar-refractivity contribution in [1.82, 2.24) is 4.90 Å². The number of ether oxygens (including phenoxy) is 2. The number of sulfone groups is 1. The SMILES string of the molecule is COC(=O)c1cc(S(=O)(=O)c2ccc(CCN(Cc3ccccc3)C[C@@H](O)c3cccc(Cl)c3)cc2)cc(C)c1OCc1ccccc1. The highest BCUT2D eigenvalue weighted by Gasteiger charge is 2.25. The third-order valence-electron chi connectivity index (χ3n) is 8.05. The van der Waals surface area contributed by atoms with Gasteiger partial charge in [0.15, 0.2) is 0 Å². The van der Waals surface area contributed by atoms with E-state index in [0.29, 0.717) is 36.6 Å². The number of methoxy groups -OCH3 is 1. The number of aliphatic hydroxyl groups excluding tert-OH is 1. The Labute approximate surface area is 287 Å². The lowest BCUT2D eigenvalue weighted by Crippen LogP contribution is -2.30. The van der Waals surface area contributed by atoms with E-state index < -0.39 is 21.9 Å². The second-order valence-corrected chi connectivity index (χ2v) is 14.0. The molecule has 0 radical (unpaired) electrons. The van der Waals surface area contributed by atoms with Gasteiger partial charge >= 0.3 is 5.97 Å². The topological polar surface area (TPSA) is 93.1 Å². The van der Waals surface area contributed by atoms with Crippen molar-refractivity contribution in [2.45, 2.75) is 42.4 Å². The van der Waals surface area contributed by atoms with Gasteiger partial charge in [0.25, 0.3) is 0 Å². The second-order valence-electron chi connectivity index (χ2n) is 11.6. The zero-order valence-corrected chi connectivity index (χ0v) is 28.5. The molecule has 7 nitrogen and oxygen atoms in total. The molecular formula is C39H38ClNO6S. The Kier molecular flexibility index (Phi) is 11.7. The monoisotopic (exact) mass is 683 g/mol. The molecule has 5 aromatic rings. The summed E-state index contributed by atoms with van der Waals surface area (Å²) in [4.78, 5) is 15.0. The van der Waals surface area contributed by atoms with Crippen molar-refractivity contribution in [2.75, 3.05) is 20.2 Å². The molecule has 0 amide bonds. The first-order valence-electron chi connectivity index (χ1n) is 15.6. The minimum atomic E-state index is -3.97. The van der Waals surface area contributed by atoms with Crippen LogP contribution in [0.4, 0.5) is 0 Å².